The van der Waals surface area contributed by atoms with E-state index < -0.39 is 11.2 Å². The molecule has 0 radical (unpaired) electrons. The van der Waals surface area contributed by atoms with Crippen molar-refractivity contribution in [2.75, 3.05) is 6.54 Å². The van der Waals surface area contributed by atoms with Gasteiger partial charge in [0.25, 0.3) is 0 Å². The number of hydrogen-bond donors (Lipinski definition) is 3. The van der Waals surface area contributed by atoms with Gasteiger partial charge >= 0.3 is 12.2 Å². The highest BCUT2D eigenvalue weighted by atomic mass is 16.6. The van der Waals surface area contributed by atoms with Crippen molar-refractivity contribution >= 4 is 12.2 Å². The highest BCUT2D eigenvalue weighted by Gasteiger charge is 2.36. The normalized spacial score (nSPS) is 20.6. The fraction of sp³-hybridized carbons (Fsp3) is 0.500. The Balaban J connectivity index is 1.06. The second-order valence-corrected chi connectivity index (χ2v) is 16.1. The largest absolute Gasteiger partial charge is 0.444 e. The smallest absolute Gasteiger partial charge is 0.410 e. The fourth-order valence-corrected chi connectivity index (χ4v) is 7.68. The third kappa shape index (κ3) is 7.30. The van der Waals surface area contributed by atoms with E-state index in [9.17, 15) is 9.59 Å². The van der Waals surface area contributed by atoms with E-state index in [0.717, 1.165) is 91.2 Å². The summed E-state index contributed by atoms with van der Waals surface area (Å²) in [7, 11) is 0. The first-order chi connectivity index (χ1) is 23.8. The van der Waals surface area contributed by atoms with Crippen LogP contribution in [0.4, 0.5) is 9.59 Å². The Morgan fingerprint density at radius 2 is 1.56 bits per heavy atom. The number of carbonyl (C=O) groups is 2. The second-order valence-electron chi connectivity index (χ2n) is 16.1. The number of carbonyl (C=O) groups excluding carboxylic acids is 2. The molecule has 3 atom stereocenters. The summed E-state index contributed by atoms with van der Waals surface area (Å²) < 4.78 is 11.2. The first-order valence-corrected chi connectivity index (χ1v) is 18.2. The molecular formula is C40H50N6O4. The van der Waals surface area contributed by atoms with E-state index in [1.54, 1.807) is 0 Å². The molecule has 2 amide bonds. The summed E-state index contributed by atoms with van der Waals surface area (Å²) in [6, 6.07) is 15.2. The Hall–Kier alpha value is -4.60. The van der Waals surface area contributed by atoms with Crippen molar-refractivity contribution in [2.45, 2.75) is 122 Å². The van der Waals surface area contributed by atoms with Crippen molar-refractivity contribution < 1.29 is 19.1 Å². The van der Waals surface area contributed by atoms with E-state index in [4.69, 9.17) is 19.4 Å². The van der Waals surface area contributed by atoms with Gasteiger partial charge in [0.05, 0.1) is 29.3 Å². The third-order valence-corrected chi connectivity index (χ3v) is 9.92. The van der Waals surface area contributed by atoms with Crippen molar-refractivity contribution in [3.05, 3.63) is 71.6 Å². The van der Waals surface area contributed by atoms with Gasteiger partial charge < -0.3 is 24.8 Å². The minimum atomic E-state index is -0.535. The molecule has 1 aliphatic heterocycles. The van der Waals surface area contributed by atoms with E-state index in [1.165, 1.54) is 16.7 Å². The van der Waals surface area contributed by atoms with Gasteiger partial charge in [-0.1, -0.05) is 48.9 Å². The maximum absolute atomic E-state index is 13.0. The Kier molecular flexibility index (Phi) is 8.99. The van der Waals surface area contributed by atoms with Gasteiger partial charge in [-0.3, -0.25) is 4.90 Å². The van der Waals surface area contributed by atoms with Crippen LogP contribution in [0.25, 0.3) is 33.6 Å². The topological polar surface area (TPSA) is 125 Å². The fourth-order valence-electron chi connectivity index (χ4n) is 7.68. The zero-order valence-corrected chi connectivity index (χ0v) is 30.2. The minimum Gasteiger partial charge on any atom is -0.444 e. The predicted octanol–water partition coefficient (Wildman–Crippen LogP) is 8.86. The lowest BCUT2D eigenvalue weighted by Crippen LogP contribution is -2.40. The number of alkyl carbamates (subject to hydrolysis) is 1. The van der Waals surface area contributed by atoms with E-state index in [0.29, 0.717) is 6.54 Å². The van der Waals surface area contributed by atoms with Gasteiger partial charge in [-0.05, 0) is 109 Å². The van der Waals surface area contributed by atoms with Crippen LogP contribution >= 0.6 is 0 Å². The van der Waals surface area contributed by atoms with Gasteiger partial charge in [0.1, 0.15) is 22.9 Å². The molecule has 0 bridgehead atoms. The number of aromatic nitrogens is 4. The predicted molar refractivity (Wildman–Crippen MR) is 194 cm³/mol. The number of imidazole rings is 2. The molecule has 2 fully saturated rings. The molecule has 2 unspecified atom stereocenters. The Morgan fingerprint density at radius 3 is 2.32 bits per heavy atom. The summed E-state index contributed by atoms with van der Waals surface area (Å²) in [6.07, 6.45) is 8.86. The van der Waals surface area contributed by atoms with Gasteiger partial charge in [0, 0.05) is 24.1 Å². The number of nitrogens with one attached hydrogen (secondary N) is 3. The molecule has 3 aliphatic rings. The van der Waals surface area contributed by atoms with Crippen LogP contribution in [0.3, 0.4) is 0 Å². The molecule has 50 heavy (non-hydrogen) atoms. The summed E-state index contributed by atoms with van der Waals surface area (Å²) in [4.78, 5) is 44.3. The minimum absolute atomic E-state index is 0.00139. The van der Waals surface area contributed by atoms with Crippen molar-refractivity contribution in [3.8, 4) is 33.6 Å². The Bertz CT molecular complexity index is 1860. The molecular weight excluding hydrogens is 628 g/mol. The number of benzene rings is 2. The van der Waals surface area contributed by atoms with Crippen molar-refractivity contribution in [3.63, 3.8) is 0 Å². The number of H-pyrrole nitrogens is 2. The third-order valence-electron chi connectivity index (χ3n) is 9.92. The summed E-state index contributed by atoms with van der Waals surface area (Å²) >= 11 is 0. The Labute approximate surface area is 294 Å². The molecule has 7 rings (SSSR count). The van der Waals surface area contributed by atoms with Gasteiger partial charge in [0.2, 0.25) is 0 Å². The lowest BCUT2D eigenvalue weighted by molar-refractivity contribution is 0.0218. The molecule has 3 N–H and O–H groups in total. The number of ether oxygens (including phenoxy) is 2. The lowest BCUT2D eigenvalue weighted by Gasteiger charge is -2.27. The van der Waals surface area contributed by atoms with Crippen LogP contribution in [-0.2, 0) is 22.3 Å². The van der Waals surface area contributed by atoms with Crippen LogP contribution in [0, 0.1) is 0 Å². The van der Waals surface area contributed by atoms with Crippen LogP contribution in [0.15, 0.2) is 48.7 Å². The number of likely N-dealkylation sites (tertiary alicyclic amines) is 1. The molecule has 0 spiro atoms. The van der Waals surface area contributed by atoms with Gasteiger partial charge in [-0.15, -0.1) is 0 Å². The second kappa shape index (κ2) is 13.3. The molecule has 1 saturated heterocycles. The summed E-state index contributed by atoms with van der Waals surface area (Å²) in [6.45, 7) is 12.0. The number of rotatable bonds is 5. The first kappa shape index (κ1) is 33.9. The summed E-state index contributed by atoms with van der Waals surface area (Å²) in [5.41, 5.74) is 7.95. The molecule has 1 saturated carbocycles. The number of fused-ring (bicyclic) bond motifs is 3. The van der Waals surface area contributed by atoms with Crippen molar-refractivity contribution in [2.24, 2.45) is 0 Å². The number of nitrogens with zero attached hydrogens (tertiary/aromatic N) is 3. The molecule has 2 aromatic carbocycles. The average Bonchev–Trinajstić information content (AvgIpc) is 3.85. The Morgan fingerprint density at radius 1 is 0.820 bits per heavy atom. The number of aromatic amines is 2. The average molecular weight is 679 g/mol. The van der Waals surface area contributed by atoms with Crippen LogP contribution < -0.4 is 5.32 Å². The first-order valence-electron chi connectivity index (χ1n) is 18.2. The van der Waals surface area contributed by atoms with Gasteiger partial charge in [-0.25, -0.2) is 19.6 Å². The molecule has 2 aliphatic carbocycles. The zero-order valence-electron chi connectivity index (χ0n) is 30.2. The van der Waals surface area contributed by atoms with Crippen molar-refractivity contribution in [1.82, 2.24) is 30.2 Å². The molecule has 3 heterocycles. The van der Waals surface area contributed by atoms with Gasteiger partial charge in [-0.2, -0.15) is 0 Å². The van der Waals surface area contributed by atoms with Crippen LogP contribution in [0.5, 0.6) is 0 Å². The van der Waals surface area contributed by atoms with Crippen molar-refractivity contribution in [1.29, 1.82) is 0 Å². The number of amides is 2. The van der Waals surface area contributed by atoms with Crippen LogP contribution in [0.2, 0.25) is 0 Å². The number of hydrogen-bond acceptors (Lipinski definition) is 6. The molecule has 2 aromatic heterocycles. The standard InChI is InChI=1S/C40H50N6O4/c1-39(2,3)49-37(47)44-30-12-8-11-29(30)35-41-23-32(43-35)25-17-15-24(16-18-25)26-19-20-28-27(22-26)10-7-13-31-34(28)45-36(42-31)33-14-9-21-46(33)38(48)50-40(4,5)6/h15-20,22-23,29-30,33H,7-14,21H2,1-6H3,(H,41,43)(H,42,45)(H,44,47)/t29?,30?,33-/m0/s1. The number of aryl methyl sites for hydroxylation is 2. The lowest BCUT2D eigenvalue weighted by atomic mass is 9.95. The molecule has 10 nitrogen and oxygen atoms in total. The highest BCUT2D eigenvalue weighted by Crippen LogP contribution is 2.39. The zero-order chi connectivity index (χ0) is 35.2. The van der Waals surface area contributed by atoms with Crippen LogP contribution in [0.1, 0.15) is 115 Å². The van der Waals surface area contributed by atoms with E-state index in [-0.39, 0.29) is 30.2 Å². The SMILES string of the molecule is CC(C)(C)OC(=O)NC1CCCC1c1ncc(-c2ccc(-c3ccc4c(c3)CCCc3nc([C@@H]5CCCN5C(=O)OC(C)(C)C)[nH]c3-4)cc2)[nH]1. The maximum atomic E-state index is 13.0. The maximum Gasteiger partial charge on any atom is 0.410 e. The molecule has 10 heteroatoms. The van der Waals surface area contributed by atoms with E-state index in [1.807, 2.05) is 52.6 Å². The molecule has 4 aromatic rings. The van der Waals surface area contributed by atoms with E-state index in [2.05, 4.69) is 57.7 Å². The molecule has 264 valence electrons. The highest BCUT2D eigenvalue weighted by molar-refractivity contribution is 5.75. The summed E-state index contributed by atoms with van der Waals surface area (Å²) in [5.74, 6) is 1.89. The monoisotopic (exact) mass is 678 g/mol. The van der Waals surface area contributed by atoms with Crippen LogP contribution in [-0.4, -0.2) is 60.8 Å². The van der Waals surface area contributed by atoms with Gasteiger partial charge in [0.15, 0.2) is 0 Å². The quantitative estimate of drug-likeness (QED) is 0.194. The summed E-state index contributed by atoms with van der Waals surface area (Å²) in [5, 5.41) is 3.07. The van der Waals surface area contributed by atoms with E-state index >= 15 is 0 Å².